The van der Waals surface area contributed by atoms with E-state index >= 15 is 0 Å². The van der Waals surface area contributed by atoms with Crippen molar-refractivity contribution < 1.29 is 4.85 Å². The SMILES string of the molecule is [O-][N+]1=CC=Cc2ccccc2N1. The lowest BCUT2D eigenvalue weighted by Gasteiger charge is -2.04. The van der Waals surface area contributed by atoms with Crippen LogP contribution in [0.2, 0.25) is 0 Å². The van der Waals surface area contributed by atoms with Gasteiger partial charge in [0.2, 0.25) is 6.21 Å². The smallest absolute Gasteiger partial charge is 0.207 e. The van der Waals surface area contributed by atoms with Crippen molar-refractivity contribution in [3.05, 3.63) is 41.1 Å². The highest BCUT2D eigenvalue weighted by Gasteiger charge is 2.03. The molecule has 1 aliphatic rings. The summed E-state index contributed by atoms with van der Waals surface area (Å²) >= 11 is 0. The maximum absolute atomic E-state index is 10.9. The van der Waals surface area contributed by atoms with Gasteiger partial charge in [0.15, 0.2) is 0 Å². The molecule has 0 fully saturated rings. The number of nitrogens with zero attached hydrogens (tertiary/aromatic N) is 1. The monoisotopic (exact) mass is 160 g/mol. The van der Waals surface area contributed by atoms with Crippen molar-refractivity contribution in [2.75, 3.05) is 5.43 Å². The minimum atomic E-state index is 0.683. The first kappa shape index (κ1) is 6.91. The van der Waals surface area contributed by atoms with Crippen molar-refractivity contribution in [3.8, 4) is 0 Å². The number of hydrazone groups is 1. The molecular formula is C9H8N2O. The molecule has 0 amide bonds. The van der Waals surface area contributed by atoms with Gasteiger partial charge in [-0.15, -0.1) is 0 Å². The van der Waals surface area contributed by atoms with Crippen LogP contribution >= 0.6 is 0 Å². The van der Waals surface area contributed by atoms with E-state index in [1.54, 1.807) is 6.08 Å². The van der Waals surface area contributed by atoms with E-state index < -0.39 is 0 Å². The van der Waals surface area contributed by atoms with Crippen LogP contribution in [0.25, 0.3) is 6.08 Å². The lowest BCUT2D eigenvalue weighted by molar-refractivity contribution is -0.416. The molecule has 0 unspecified atom stereocenters. The fourth-order valence-electron chi connectivity index (χ4n) is 1.13. The predicted octanol–water partition coefficient (Wildman–Crippen LogP) is 1.62. The number of hydrazine groups is 1. The molecule has 0 bridgehead atoms. The second kappa shape index (κ2) is 2.70. The molecule has 3 heteroatoms. The molecule has 1 aromatic rings. The summed E-state index contributed by atoms with van der Waals surface area (Å²) in [6, 6.07) is 7.64. The van der Waals surface area contributed by atoms with Crippen LogP contribution in [0, 0.1) is 5.21 Å². The molecule has 0 saturated heterocycles. The topological polar surface area (TPSA) is 38.1 Å². The van der Waals surface area contributed by atoms with Crippen molar-refractivity contribution in [1.29, 1.82) is 0 Å². The molecule has 1 heterocycles. The second-order valence-electron chi connectivity index (χ2n) is 2.53. The van der Waals surface area contributed by atoms with E-state index in [1.807, 2.05) is 30.3 Å². The highest BCUT2D eigenvalue weighted by atomic mass is 16.5. The molecule has 0 saturated carbocycles. The van der Waals surface area contributed by atoms with Gasteiger partial charge in [0, 0.05) is 11.6 Å². The number of nitrogens with one attached hydrogen (secondary N) is 1. The zero-order chi connectivity index (χ0) is 8.39. The van der Waals surface area contributed by atoms with Crippen molar-refractivity contribution in [2.24, 2.45) is 0 Å². The lowest BCUT2D eigenvalue weighted by atomic mass is 10.2. The van der Waals surface area contributed by atoms with Crippen molar-refractivity contribution in [3.63, 3.8) is 0 Å². The van der Waals surface area contributed by atoms with Gasteiger partial charge in [-0.25, -0.2) is 0 Å². The second-order valence-corrected chi connectivity index (χ2v) is 2.53. The number of fused-ring (bicyclic) bond motifs is 1. The van der Waals surface area contributed by atoms with Crippen molar-refractivity contribution >= 4 is 18.0 Å². The third-order valence-electron chi connectivity index (χ3n) is 1.69. The average molecular weight is 160 g/mol. The fraction of sp³-hybridized carbons (Fsp3) is 0. The molecule has 2 rings (SSSR count). The van der Waals surface area contributed by atoms with E-state index in [2.05, 4.69) is 5.43 Å². The van der Waals surface area contributed by atoms with Crippen molar-refractivity contribution in [2.45, 2.75) is 0 Å². The average Bonchev–Trinajstić information content (AvgIpc) is 2.25. The molecule has 1 aliphatic heterocycles. The predicted molar refractivity (Wildman–Crippen MR) is 48.8 cm³/mol. The van der Waals surface area contributed by atoms with E-state index in [0.29, 0.717) is 4.85 Å². The van der Waals surface area contributed by atoms with Crippen molar-refractivity contribution in [1.82, 2.24) is 0 Å². The van der Waals surface area contributed by atoms with Crippen LogP contribution < -0.4 is 5.43 Å². The summed E-state index contributed by atoms with van der Waals surface area (Å²) < 4.78 is 0. The maximum atomic E-state index is 10.9. The first-order valence-corrected chi connectivity index (χ1v) is 3.70. The third-order valence-corrected chi connectivity index (χ3v) is 1.69. The molecule has 0 radical (unpaired) electrons. The summed E-state index contributed by atoms with van der Waals surface area (Å²) in [5.41, 5.74) is 4.53. The number of hydrogen-bond acceptors (Lipinski definition) is 2. The van der Waals surface area contributed by atoms with Crippen LogP contribution in [0.1, 0.15) is 5.56 Å². The number of hydrogen-bond donors (Lipinski definition) is 1. The van der Waals surface area contributed by atoms with Gasteiger partial charge in [0.25, 0.3) is 0 Å². The van der Waals surface area contributed by atoms with Gasteiger partial charge in [-0.1, -0.05) is 23.0 Å². The highest BCUT2D eigenvalue weighted by Crippen LogP contribution is 2.17. The van der Waals surface area contributed by atoms with E-state index in [0.717, 1.165) is 11.3 Å². The Balaban J connectivity index is 2.49. The Hall–Kier alpha value is -1.77. The zero-order valence-electron chi connectivity index (χ0n) is 6.40. The number of para-hydroxylation sites is 1. The normalized spacial score (nSPS) is 14.2. The number of rotatable bonds is 0. The molecule has 1 aromatic carbocycles. The molecule has 0 spiro atoms. The Morgan fingerprint density at radius 1 is 1.25 bits per heavy atom. The Kier molecular flexibility index (Phi) is 1.55. The number of benzene rings is 1. The molecule has 0 aliphatic carbocycles. The standard InChI is InChI=1S/C9H8N2O/c12-11-7-3-5-8-4-1-2-6-9(8)10-11/h1-7,10H. The molecule has 0 aromatic heterocycles. The van der Waals surface area contributed by atoms with Gasteiger partial charge in [0.05, 0.1) is 0 Å². The summed E-state index contributed by atoms with van der Waals surface area (Å²) in [5.74, 6) is 0. The van der Waals surface area contributed by atoms with E-state index in [9.17, 15) is 5.21 Å². The third kappa shape index (κ3) is 1.16. The van der Waals surface area contributed by atoms with E-state index in [4.69, 9.17) is 0 Å². The summed E-state index contributed by atoms with van der Waals surface area (Å²) in [6.45, 7) is 0. The molecule has 0 atom stereocenters. The van der Waals surface area contributed by atoms with Gasteiger partial charge in [-0.3, -0.25) is 0 Å². The molecule has 12 heavy (non-hydrogen) atoms. The van der Waals surface area contributed by atoms with Gasteiger partial charge < -0.3 is 5.21 Å². The van der Waals surface area contributed by atoms with Crippen LogP contribution in [-0.4, -0.2) is 11.1 Å². The van der Waals surface area contributed by atoms with Crippen LogP contribution in [0.5, 0.6) is 0 Å². The molecule has 60 valence electrons. The largest absolute Gasteiger partial charge is 0.596 e. The number of anilines is 1. The Labute approximate surface area is 70.2 Å². The summed E-state index contributed by atoms with van der Waals surface area (Å²) in [7, 11) is 0. The van der Waals surface area contributed by atoms with Crippen LogP contribution in [-0.2, 0) is 0 Å². The summed E-state index contributed by atoms with van der Waals surface area (Å²) in [5, 5.41) is 10.9. The first-order valence-electron chi connectivity index (χ1n) is 3.70. The Morgan fingerprint density at radius 2 is 2.08 bits per heavy atom. The maximum Gasteiger partial charge on any atom is 0.207 e. The van der Waals surface area contributed by atoms with E-state index in [-0.39, 0.29) is 0 Å². The fourth-order valence-corrected chi connectivity index (χ4v) is 1.13. The summed E-state index contributed by atoms with van der Waals surface area (Å²) in [4.78, 5) is 0.683. The Morgan fingerprint density at radius 3 is 3.00 bits per heavy atom. The summed E-state index contributed by atoms with van der Waals surface area (Å²) in [6.07, 6.45) is 5.03. The number of allylic oxidation sites excluding steroid dienone is 1. The molecular weight excluding hydrogens is 152 g/mol. The Bertz CT molecular complexity index is 355. The minimum absolute atomic E-state index is 0.683. The molecule has 3 nitrogen and oxygen atoms in total. The van der Waals surface area contributed by atoms with Gasteiger partial charge >= 0.3 is 0 Å². The zero-order valence-corrected chi connectivity index (χ0v) is 6.40. The first-order chi connectivity index (χ1) is 5.86. The highest BCUT2D eigenvalue weighted by molar-refractivity contribution is 5.80. The van der Waals surface area contributed by atoms with Crippen LogP contribution in [0.4, 0.5) is 5.69 Å². The van der Waals surface area contributed by atoms with Gasteiger partial charge in [0.1, 0.15) is 5.69 Å². The van der Waals surface area contributed by atoms with Gasteiger partial charge in [-0.05, 0) is 12.1 Å². The van der Waals surface area contributed by atoms with Crippen LogP contribution in [0.3, 0.4) is 0 Å². The minimum Gasteiger partial charge on any atom is -0.596 e. The quantitative estimate of drug-likeness (QED) is 0.462. The molecule has 1 N–H and O–H groups in total. The van der Waals surface area contributed by atoms with Crippen LogP contribution in [0.15, 0.2) is 30.3 Å². The van der Waals surface area contributed by atoms with Gasteiger partial charge in [-0.2, -0.15) is 5.43 Å². The van der Waals surface area contributed by atoms with E-state index in [1.165, 1.54) is 6.21 Å². The lowest BCUT2D eigenvalue weighted by Crippen LogP contribution is -2.11.